The predicted molar refractivity (Wildman–Crippen MR) is 157 cm³/mol. The van der Waals surface area contributed by atoms with Gasteiger partial charge < -0.3 is 10.3 Å². The molecular weight excluding hydrogens is 517 g/mol. The van der Waals surface area contributed by atoms with Gasteiger partial charge in [-0.25, -0.2) is 9.37 Å². The first-order chi connectivity index (χ1) is 20.0. The number of hydrogen-bond donors (Lipinski definition) is 3. The predicted octanol–water partition coefficient (Wildman–Crippen LogP) is 6.93. The number of rotatable bonds is 5. The molecule has 4 heterocycles. The highest BCUT2D eigenvalue weighted by atomic mass is 19.1. The molecule has 0 spiro atoms. The number of amides is 1. The maximum Gasteiger partial charge on any atom is 0.255 e. The number of benzene rings is 3. The van der Waals surface area contributed by atoms with Crippen LogP contribution in [0.1, 0.15) is 15.9 Å². The third kappa shape index (κ3) is 4.59. The Morgan fingerprint density at radius 1 is 0.854 bits per heavy atom. The molecule has 0 aliphatic heterocycles. The molecule has 198 valence electrons. The number of fused-ring (bicyclic) bond motifs is 2. The number of nitrogens with zero attached hydrogens (tertiary/aromatic N) is 4. The highest BCUT2D eigenvalue weighted by molar-refractivity contribution is 6.04. The van der Waals surface area contributed by atoms with E-state index in [2.05, 4.69) is 30.5 Å². The summed E-state index contributed by atoms with van der Waals surface area (Å²) in [5, 5.41) is 11.4. The van der Waals surface area contributed by atoms with Crippen LogP contribution in [0.15, 0.2) is 97.5 Å². The number of hydrogen-bond acceptors (Lipinski definition) is 5. The van der Waals surface area contributed by atoms with Gasteiger partial charge in [-0.15, -0.1) is 0 Å². The van der Waals surface area contributed by atoms with Crippen molar-refractivity contribution < 1.29 is 9.18 Å². The molecule has 0 aliphatic carbocycles. The van der Waals surface area contributed by atoms with E-state index in [4.69, 9.17) is 4.98 Å². The quantitative estimate of drug-likeness (QED) is 0.220. The lowest BCUT2D eigenvalue weighted by Gasteiger charge is -2.08. The summed E-state index contributed by atoms with van der Waals surface area (Å²) in [5.74, 6) is 0.0376. The Morgan fingerprint density at radius 2 is 1.73 bits per heavy atom. The second-order valence-electron chi connectivity index (χ2n) is 9.77. The summed E-state index contributed by atoms with van der Waals surface area (Å²) in [6.45, 7) is 1.85. The fraction of sp³-hybridized carbons (Fsp3) is 0.0312. The minimum Gasteiger partial charge on any atom is -0.336 e. The fourth-order valence-electron chi connectivity index (χ4n) is 4.96. The van der Waals surface area contributed by atoms with Crippen molar-refractivity contribution in [2.45, 2.75) is 6.92 Å². The van der Waals surface area contributed by atoms with Crippen molar-refractivity contribution in [3.63, 3.8) is 0 Å². The molecule has 7 aromatic rings. The first kappa shape index (κ1) is 24.3. The van der Waals surface area contributed by atoms with Gasteiger partial charge in [0.05, 0.1) is 28.6 Å². The van der Waals surface area contributed by atoms with Gasteiger partial charge >= 0.3 is 0 Å². The molecule has 4 aromatic heterocycles. The molecule has 0 fully saturated rings. The van der Waals surface area contributed by atoms with Gasteiger partial charge in [-0.2, -0.15) is 5.10 Å². The normalized spacial score (nSPS) is 11.3. The number of aryl methyl sites for hydroxylation is 1. The van der Waals surface area contributed by atoms with Crippen LogP contribution in [0.25, 0.3) is 55.8 Å². The molecule has 0 bridgehead atoms. The topological polar surface area (TPSA) is 112 Å². The number of imidazole rings is 1. The summed E-state index contributed by atoms with van der Waals surface area (Å²) in [6.07, 6.45) is 5.04. The Morgan fingerprint density at radius 3 is 2.59 bits per heavy atom. The molecule has 8 nitrogen and oxygen atoms in total. The molecule has 0 unspecified atom stereocenters. The molecule has 0 aliphatic rings. The molecule has 0 radical (unpaired) electrons. The van der Waals surface area contributed by atoms with Crippen LogP contribution in [0.2, 0.25) is 0 Å². The van der Waals surface area contributed by atoms with E-state index in [9.17, 15) is 9.18 Å². The zero-order chi connectivity index (χ0) is 27.9. The number of carbonyl (C=O) groups excluding carboxylic acids is 1. The van der Waals surface area contributed by atoms with Crippen molar-refractivity contribution in [1.82, 2.24) is 30.1 Å². The van der Waals surface area contributed by atoms with Crippen molar-refractivity contribution in [1.29, 1.82) is 0 Å². The Kier molecular flexibility index (Phi) is 5.82. The number of H-pyrrole nitrogens is 2. The lowest BCUT2D eigenvalue weighted by Crippen LogP contribution is -2.11. The maximum absolute atomic E-state index is 14.2. The van der Waals surface area contributed by atoms with Gasteiger partial charge in [0.2, 0.25) is 0 Å². The van der Waals surface area contributed by atoms with E-state index in [1.807, 2.05) is 61.5 Å². The van der Waals surface area contributed by atoms with Crippen LogP contribution >= 0.6 is 0 Å². The molecule has 3 N–H and O–H groups in total. The van der Waals surface area contributed by atoms with Crippen molar-refractivity contribution in [3.05, 3.63) is 114 Å². The van der Waals surface area contributed by atoms with Gasteiger partial charge in [-0.3, -0.25) is 19.9 Å². The van der Waals surface area contributed by atoms with E-state index in [0.717, 1.165) is 33.1 Å². The molecular formula is C32H22FN7O. The van der Waals surface area contributed by atoms with Crippen LogP contribution in [0, 0.1) is 12.7 Å². The second-order valence-corrected chi connectivity index (χ2v) is 9.77. The average Bonchev–Trinajstić information content (AvgIpc) is 3.61. The molecule has 9 heteroatoms. The van der Waals surface area contributed by atoms with Crippen molar-refractivity contribution in [2.24, 2.45) is 0 Å². The molecule has 0 saturated heterocycles. The van der Waals surface area contributed by atoms with Gasteiger partial charge in [0, 0.05) is 34.5 Å². The third-order valence-electron chi connectivity index (χ3n) is 6.87. The lowest BCUT2D eigenvalue weighted by atomic mass is 10.0. The minimum atomic E-state index is -0.321. The van der Waals surface area contributed by atoms with Crippen molar-refractivity contribution in [2.75, 3.05) is 5.32 Å². The van der Waals surface area contributed by atoms with E-state index in [1.165, 1.54) is 12.1 Å². The summed E-state index contributed by atoms with van der Waals surface area (Å²) in [6, 6.07) is 23.5. The fourth-order valence-corrected chi connectivity index (χ4v) is 4.96. The van der Waals surface area contributed by atoms with Crippen LogP contribution in [0.3, 0.4) is 0 Å². The molecule has 1 amide bonds. The number of halogens is 1. The summed E-state index contributed by atoms with van der Waals surface area (Å²) < 4.78 is 14.2. The minimum absolute atomic E-state index is 0.204. The van der Waals surface area contributed by atoms with Gasteiger partial charge in [-0.05, 0) is 72.6 Å². The van der Waals surface area contributed by atoms with E-state index < -0.39 is 0 Å². The number of nitrogens with one attached hydrogen (secondary N) is 3. The maximum atomic E-state index is 14.2. The SMILES string of the molecule is Cc1cc(F)cc(-c2nccc3[nH]c(-c4n[nH]c5ccc(-c6cncc(NC(=O)c7ccccc7)c6)cc45)nc23)c1. The smallest absolute Gasteiger partial charge is 0.255 e. The number of aromatic amines is 2. The van der Waals surface area contributed by atoms with E-state index in [1.54, 1.807) is 30.7 Å². The molecule has 41 heavy (non-hydrogen) atoms. The summed E-state index contributed by atoms with van der Waals surface area (Å²) in [4.78, 5) is 29.7. The van der Waals surface area contributed by atoms with Crippen molar-refractivity contribution >= 4 is 33.5 Å². The molecule has 3 aromatic carbocycles. The summed E-state index contributed by atoms with van der Waals surface area (Å²) in [7, 11) is 0. The number of pyridine rings is 2. The van der Waals surface area contributed by atoms with Gasteiger partial charge in [0.1, 0.15) is 17.0 Å². The summed E-state index contributed by atoms with van der Waals surface area (Å²) >= 11 is 0. The zero-order valence-electron chi connectivity index (χ0n) is 21.8. The Labute approximate surface area is 233 Å². The van der Waals surface area contributed by atoms with Crippen LogP contribution < -0.4 is 5.32 Å². The lowest BCUT2D eigenvalue weighted by molar-refractivity contribution is 0.102. The van der Waals surface area contributed by atoms with Crippen LogP contribution in [0.4, 0.5) is 10.1 Å². The van der Waals surface area contributed by atoms with E-state index in [0.29, 0.717) is 39.5 Å². The Hall–Kier alpha value is -5.70. The first-order valence-electron chi connectivity index (χ1n) is 12.9. The molecule has 7 rings (SSSR count). The number of aromatic nitrogens is 6. The Balaban J connectivity index is 1.25. The highest BCUT2D eigenvalue weighted by Gasteiger charge is 2.17. The Bertz CT molecular complexity index is 2060. The van der Waals surface area contributed by atoms with Crippen LogP contribution in [-0.2, 0) is 0 Å². The van der Waals surface area contributed by atoms with Gasteiger partial charge in [0.25, 0.3) is 5.91 Å². The van der Waals surface area contributed by atoms with Crippen LogP contribution in [0.5, 0.6) is 0 Å². The van der Waals surface area contributed by atoms with Crippen molar-refractivity contribution in [3.8, 4) is 33.9 Å². The van der Waals surface area contributed by atoms with Gasteiger partial charge in [0.15, 0.2) is 5.82 Å². The first-order valence-corrected chi connectivity index (χ1v) is 12.9. The van der Waals surface area contributed by atoms with Gasteiger partial charge in [-0.1, -0.05) is 24.3 Å². The highest BCUT2D eigenvalue weighted by Crippen LogP contribution is 2.33. The number of anilines is 1. The average molecular weight is 540 g/mol. The van der Waals surface area contributed by atoms with Crippen LogP contribution in [-0.4, -0.2) is 36.0 Å². The van der Waals surface area contributed by atoms with E-state index in [-0.39, 0.29) is 11.7 Å². The monoisotopic (exact) mass is 539 g/mol. The van der Waals surface area contributed by atoms with E-state index >= 15 is 0 Å². The third-order valence-corrected chi connectivity index (χ3v) is 6.87. The zero-order valence-corrected chi connectivity index (χ0v) is 21.8. The standard InChI is InChI=1S/C32H22FN7O/c1-18-11-21(13-23(33)12-18)28-30-27(9-10-35-28)37-31(38-30)29-25-15-20(7-8-26(25)39-40-29)22-14-24(17-34-16-22)36-32(41)19-5-3-2-4-6-19/h2-17H,1H3,(H,36,41)(H,37,38)(H,39,40). The molecule has 0 atom stereocenters. The summed E-state index contributed by atoms with van der Waals surface area (Å²) in [5.41, 5.74) is 7.83. The number of carbonyl (C=O) groups is 1. The molecule has 0 saturated carbocycles. The second kappa shape index (κ2) is 9.80. The largest absolute Gasteiger partial charge is 0.336 e.